The van der Waals surface area contributed by atoms with E-state index in [1.54, 1.807) is 31.1 Å². The van der Waals surface area contributed by atoms with Crippen LogP contribution in [0.4, 0.5) is 17.2 Å². The van der Waals surface area contributed by atoms with Crippen molar-refractivity contribution in [2.24, 2.45) is 7.05 Å². The van der Waals surface area contributed by atoms with Crippen LogP contribution in [0.5, 0.6) is 5.75 Å². The lowest BCUT2D eigenvalue weighted by Crippen LogP contribution is -2.16. The van der Waals surface area contributed by atoms with E-state index in [0.717, 1.165) is 28.6 Å². The predicted octanol–water partition coefficient (Wildman–Crippen LogP) is 4.38. The first kappa shape index (κ1) is 22.8. The summed E-state index contributed by atoms with van der Waals surface area (Å²) < 4.78 is 8.73. The van der Waals surface area contributed by atoms with Crippen LogP contribution in [0.3, 0.4) is 0 Å². The Balaban J connectivity index is 1.27. The van der Waals surface area contributed by atoms with E-state index in [0.29, 0.717) is 22.9 Å². The van der Waals surface area contributed by atoms with E-state index < -0.39 is 0 Å². The van der Waals surface area contributed by atoms with Crippen molar-refractivity contribution >= 4 is 23.1 Å². The Labute approximate surface area is 207 Å². The van der Waals surface area contributed by atoms with Gasteiger partial charge in [-0.2, -0.15) is 5.10 Å². The van der Waals surface area contributed by atoms with Crippen LogP contribution in [0, 0.1) is 6.92 Å². The third kappa shape index (κ3) is 4.78. The van der Waals surface area contributed by atoms with Crippen molar-refractivity contribution in [3.8, 4) is 22.8 Å². The Morgan fingerprint density at radius 2 is 1.78 bits per heavy atom. The van der Waals surface area contributed by atoms with Gasteiger partial charge < -0.3 is 15.4 Å². The number of methoxy groups -OCH3 is 1. The number of nitrogens with one attached hydrogen (secondary N) is 2. The van der Waals surface area contributed by atoms with Gasteiger partial charge in [0.1, 0.15) is 35.2 Å². The molecule has 10 nitrogen and oxygen atoms in total. The van der Waals surface area contributed by atoms with E-state index in [4.69, 9.17) is 4.74 Å². The number of hydrogen-bond donors (Lipinski definition) is 2. The standard InChI is InChI=1S/C26H24N8O2/c1-17-27-11-12-34(17)25-15-24(28-16-29-25)30-19-7-9-20(10-8-19)31-26(35)23-14-22(32-33(23)2)18-5-4-6-21(13-18)36-3/h4-16H,1-3H3,(H,31,35)(H,28,29,30). The number of carbonyl (C=O) groups excluding carboxylic acids is 1. The summed E-state index contributed by atoms with van der Waals surface area (Å²) in [5, 5.41) is 10.7. The maximum absolute atomic E-state index is 12.9. The smallest absolute Gasteiger partial charge is 0.273 e. The van der Waals surface area contributed by atoms with Gasteiger partial charge in [-0.1, -0.05) is 12.1 Å². The van der Waals surface area contributed by atoms with Crippen LogP contribution in [-0.4, -0.2) is 42.3 Å². The summed E-state index contributed by atoms with van der Waals surface area (Å²) in [5.74, 6) is 2.67. The van der Waals surface area contributed by atoms with Crippen molar-refractivity contribution in [3.63, 3.8) is 0 Å². The third-order valence-corrected chi connectivity index (χ3v) is 5.62. The highest BCUT2D eigenvalue weighted by Gasteiger charge is 2.15. The van der Waals surface area contributed by atoms with Gasteiger partial charge in [-0.05, 0) is 49.4 Å². The minimum Gasteiger partial charge on any atom is -0.497 e. The van der Waals surface area contributed by atoms with Crippen molar-refractivity contribution < 1.29 is 9.53 Å². The summed E-state index contributed by atoms with van der Waals surface area (Å²) in [6, 6.07) is 18.5. The van der Waals surface area contributed by atoms with E-state index in [2.05, 4.69) is 30.7 Å². The number of rotatable bonds is 7. The number of hydrogen-bond acceptors (Lipinski definition) is 7. The SMILES string of the molecule is COc1cccc(-c2cc(C(=O)Nc3ccc(Nc4cc(-n5ccnc5C)ncn4)cc3)n(C)n2)c1. The average molecular weight is 481 g/mol. The van der Waals surface area contributed by atoms with Gasteiger partial charge in [-0.3, -0.25) is 14.0 Å². The van der Waals surface area contributed by atoms with Gasteiger partial charge in [0.15, 0.2) is 0 Å². The zero-order chi connectivity index (χ0) is 25.1. The van der Waals surface area contributed by atoms with Crippen LogP contribution in [0.15, 0.2) is 79.4 Å². The van der Waals surface area contributed by atoms with Crippen LogP contribution in [-0.2, 0) is 7.05 Å². The molecule has 0 radical (unpaired) electrons. The van der Waals surface area contributed by atoms with Crippen LogP contribution < -0.4 is 15.4 Å². The van der Waals surface area contributed by atoms with Crippen molar-refractivity contribution in [2.75, 3.05) is 17.7 Å². The molecular weight excluding hydrogens is 456 g/mol. The summed E-state index contributed by atoms with van der Waals surface area (Å²) in [7, 11) is 3.36. The fourth-order valence-corrected chi connectivity index (χ4v) is 3.75. The first-order valence-electron chi connectivity index (χ1n) is 11.2. The van der Waals surface area contributed by atoms with Crippen molar-refractivity contribution in [1.82, 2.24) is 29.3 Å². The number of aromatic nitrogens is 6. The Morgan fingerprint density at radius 1 is 0.972 bits per heavy atom. The van der Waals surface area contributed by atoms with Gasteiger partial charge in [0.05, 0.1) is 12.8 Å². The van der Waals surface area contributed by atoms with E-state index in [-0.39, 0.29) is 5.91 Å². The Morgan fingerprint density at radius 3 is 2.53 bits per heavy atom. The van der Waals surface area contributed by atoms with Crippen LogP contribution >= 0.6 is 0 Å². The largest absolute Gasteiger partial charge is 0.497 e. The lowest BCUT2D eigenvalue weighted by Gasteiger charge is -2.10. The molecule has 0 atom stereocenters. The van der Waals surface area contributed by atoms with Crippen LogP contribution in [0.25, 0.3) is 17.1 Å². The number of carbonyl (C=O) groups is 1. The zero-order valence-corrected chi connectivity index (χ0v) is 20.0. The number of amides is 1. The summed E-state index contributed by atoms with van der Waals surface area (Å²) in [4.78, 5) is 25.7. The molecule has 0 fully saturated rings. The molecule has 0 saturated heterocycles. The molecule has 36 heavy (non-hydrogen) atoms. The number of nitrogens with zero attached hydrogens (tertiary/aromatic N) is 6. The molecule has 0 saturated carbocycles. The van der Waals surface area contributed by atoms with Gasteiger partial charge in [0.25, 0.3) is 5.91 Å². The minimum absolute atomic E-state index is 0.254. The van der Waals surface area contributed by atoms with Gasteiger partial charge >= 0.3 is 0 Å². The molecule has 180 valence electrons. The maximum atomic E-state index is 12.9. The molecule has 1 amide bonds. The molecule has 5 aromatic rings. The van der Waals surface area contributed by atoms with Gasteiger partial charge in [0.2, 0.25) is 0 Å². The highest BCUT2D eigenvalue weighted by Crippen LogP contribution is 2.24. The molecule has 0 aliphatic carbocycles. The fourth-order valence-electron chi connectivity index (χ4n) is 3.75. The Bertz CT molecular complexity index is 1520. The molecule has 3 aromatic heterocycles. The van der Waals surface area contributed by atoms with Gasteiger partial charge in [0, 0.05) is 42.4 Å². The summed E-state index contributed by atoms with van der Waals surface area (Å²) >= 11 is 0. The minimum atomic E-state index is -0.254. The lowest BCUT2D eigenvalue weighted by atomic mass is 10.1. The Hall–Kier alpha value is -4.99. The monoisotopic (exact) mass is 480 g/mol. The van der Waals surface area contributed by atoms with Crippen LogP contribution in [0.1, 0.15) is 16.3 Å². The van der Waals surface area contributed by atoms with E-state index in [1.165, 1.54) is 6.33 Å². The van der Waals surface area contributed by atoms with Crippen molar-refractivity contribution in [2.45, 2.75) is 6.92 Å². The number of aryl methyl sites for hydroxylation is 2. The first-order chi connectivity index (χ1) is 17.5. The number of anilines is 3. The molecule has 0 aliphatic heterocycles. The van der Waals surface area contributed by atoms with Gasteiger partial charge in [-0.15, -0.1) is 0 Å². The molecule has 0 aliphatic rings. The van der Waals surface area contributed by atoms with Gasteiger partial charge in [-0.25, -0.2) is 15.0 Å². The second-order valence-electron chi connectivity index (χ2n) is 8.03. The lowest BCUT2D eigenvalue weighted by molar-refractivity contribution is 0.101. The molecule has 0 bridgehead atoms. The highest BCUT2D eigenvalue weighted by molar-refractivity contribution is 6.03. The maximum Gasteiger partial charge on any atom is 0.273 e. The second-order valence-corrected chi connectivity index (χ2v) is 8.03. The quantitative estimate of drug-likeness (QED) is 0.356. The summed E-state index contributed by atoms with van der Waals surface area (Å²) in [6.07, 6.45) is 5.07. The normalized spacial score (nSPS) is 10.8. The predicted molar refractivity (Wildman–Crippen MR) is 137 cm³/mol. The van der Waals surface area contributed by atoms with Crippen molar-refractivity contribution in [1.29, 1.82) is 0 Å². The number of imidazole rings is 1. The van der Waals surface area contributed by atoms with E-state index in [1.807, 2.05) is 72.3 Å². The topological polar surface area (TPSA) is 112 Å². The third-order valence-electron chi connectivity index (χ3n) is 5.62. The zero-order valence-electron chi connectivity index (χ0n) is 20.0. The number of benzene rings is 2. The van der Waals surface area contributed by atoms with Crippen molar-refractivity contribution in [3.05, 3.63) is 90.9 Å². The molecule has 3 heterocycles. The molecule has 5 rings (SSSR count). The summed E-state index contributed by atoms with van der Waals surface area (Å²) in [5.41, 5.74) is 3.48. The van der Waals surface area contributed by atoms with E-state index >= 15 is 0 Å². The Kier molecular flexibility index (Phi) is 6.14. The highest BCUT2D eigenvalue weighted by atomic mass is 16.5. The molecule has 0 spiro atoms. The molecule has 10 heteroatoms. The second kappa shape index (κ2) is 9.71. The molecular formula is C26H24N8O2. The fraction of sp³-hybridized carbons (Fsp3) is 0.115. The first-order valence-corrected chi connectivity index (χ1v) is 11.2. The summed E-state index contributed by atoms with van der Waals surface area (Å²) in [6.45, 7) is 1.91. The molecule has 0 unspecified atom stereocenters. The average Bonchev–Trinajstić information content (AvgIpc) is 3.51. The van der Waals surface area contributed by atoms with E-state index in [9.17, 15) is 4.79 Å². The molecule has 2 aromatic carbocycles. The molecule has 2 N–H and O–H groups in total. The van der Waals surface area contributed by atoms with Crippen LogP contribution in [0.2, 0.25) is 0 Å². The number of ether oxygens (including phenoxy) is 1.